The molecule has 0 spiro atoms. The Kier molecular flexibility index (Phi) is 4.25. The van der Waals surface area contributed by atoms with Gasteiger partial charge in [0, 0.05) is 19.5 Å². The number of nitrogens with one attached hydrogen (secondary N) is 1. The first kappa shape index (κ1) is 15.4. The van der Waals surface area contributed by atoms with E-state index in [0.29, 0.717) is 25.1 Å². The van der Waals surface area contributed by atoms with Gasteiger partial charge >= 0.3 is 0 Å². The Morgan fingerprint density at radius 2 is 2.05 bits per heavy atom. The summed E-state index contributed by atoms with van der Waals surface area (Å²) in [6.07, 6.45) is 0.464. The summed E-state index contributed by atoms with van der Waals surface area (Å²) in [7, 11) is 0. The Balaban J connectivity index is 2.01. The molecule has 0 atom stereocenters. The molecule has 0 bridgehead atoms. The first-order chi connectivity index (χ1) is 9.82. The molecule has 0 radical (unpaired) electrons. The highest BCUT2D eigenvalue weighted by molar-refractivity contribution is 5.91. The smallest absolute Gasteiger partial charge is 0.245 e. The number of carbonyl (C=O) groups excluding carboxylic acids is 2. The zero-order valence-corrected chi connectivity index (χ0v) is 12.1. The molecule has 0 aliphatic carbocycles. The van der Waals surface area contributed by atoms with E-state index in [0.717, 1.165) is 12.1 Å². The number of benzene rings is 1. The lowest BCUT2D eigenvalue weighted by molar-refractivity contribution is -0.149. The molecule has 1 saturated heterocycles. The van der Waals surface area contributed by atoms with Crippen LogP contribution in [-0.2, 0) is 16.0 Å². The SMILES string of the molecule is CC1(C)C(=O)NCCN1C(=O)CCc1ccc(F)c(F)c1. The summed E-state index contributed by atoms with van der Waals surface area (Å²) in [5.74, 6) is -2.17. The van der Waals surface area contributed by atoms with Crippen LogP contribution in [0, 0.1) is 11.6 Å². The van der Waals surface area contributed by atoms with E-state index in [1.807, 2.05) is 0 Å². The van der Waals surface area contributed by atoms with E-state index in [2.05, 4.69) is 5.32 Å². The average Bonchev–Trinajstić information content (AvgIpc) is 2.43. The molecule has 0 saturated carbocycles. The molecule has 2 amide bonds. The minimum Gasteiger partial charge on any atom is -0.352 e. The summed E-state index contributed by atoms with van der Waals surface area (Å²) in [6, 6.07) is 3.60. The monoisotopic (exact) mass is 296 g/mol. The third-order valence-electron chi connectivity index (χ3n) is 3.76. The Labute approximate surface area is 122 Å². The van der Waals surface area contributed by atoms with Crippen LogP contribution in [0.4, 0.5) is 8.78 Å². The van der Waals surface area contributed by atoms with Crippen molar-refractivity contribution in [1.29, 1.82) is 0 Å². The van der Waals surface area contributed by atoms with E-state index < -0.39 is 17.2 Å². The molecule has 114 valence electrons. The van der Waals surface area contributed by atoms with Gasteiger partial charge in [0.15, 0.2) is 11.6 Å². The van der Waals surface area contributed by atoms with Gasteiger partial charge in [-0.05, 0) is 38.0 Å². The van der Waals surface area contributed by atoms with Gasteiger partial charge < -0.3 is 10.2 Å². The van der Waals surface area contributed by atoms with Crippen LogP contribution in [0.1, 0.15) is 25.8 Å². The first-order valence-corrected chi connectivity index (χ1v) is 6.85. The number of carbonyl (C=O) groups is 2. The highest BCUT2D eigenvalue weighted by atomic mass is 19.2. The number of piperazine rings is 1. The van der Waals surface area contributed by atoms with Gasteiger partial charge in [-0.15, -0.1) is 0 Å². The average molecular weight is 296 g/mol. The number of nitrogens with zero attached hydrogens (tertiary/aromatic N) is 1. The maximum atomic E-state index is 13.1. The predicted molar refractivity (Wildman–Crippen MR) is 73.5 cm³/mol. The molecule has 6 heteroatoms. The summed E-state index contributed by atoms with van der Waals surface area (Å²) in [5, 5.41) is 2.72. The van der Waals surface area contributed by atoms with Gasteiger partial charge in [-0.2, -0.15) is 0 Å². The number of aryl methyl sites for hydroxylation is 1. The maximum absolute atomic E-state index is 13.1. The third kappa shape index (κ3) is 3.20. The molecule has 2 rings (SSSR count). The molecule has 1 aliphatic rings. The van der Waals surface area contributed by atoms with Crippen LogP contribution < -0.4 is 5.32 Å². The van der Waals surface area contributed by atoms with Crippen molar-refractivity contribution < 1.29 is 18.4 Å². The summed E-state index contributed by atoms with van der Waals surface area (Å²) in [4.78, 5) is 25.6. The van der Waals surface area contributed by atoms with Crippen LogP contribution in [0.2, 0.25) is 0 Å². The number of hydrogen-bond donors (Lipinski definition) is 1. The largest absolute Gasteiger partial charge is 0.352 e. The molecule has 1 aliphatic heterocycles. The fourth-order valence-corrected chi connectivity index (χ4v) is 2.42. The van der Waals surface area contributed by atoms with Gasteiger partial charge in [0.1, 0.15) is 5.54 Å². The molecule has 0 unspecified atom stereocenters. The zero-order chi connectivity index (χ0) is 15.6. The van der Waals surface area contributed by atoms with Crippen LogP contribution in [0.25, 0.3) is 0 Å². The summed E-state index contributed by atoms with van der Waals surface area (Å²) >= 11 is 0. The second-order valence-corrected chi connectivity index (χ2v) is 5.61. The van der Waals surface area contributed by atoms with E-state index in [4.69, 9.17) is 0 Å². The second-order valence-electron chi connectivity index (χ2n) is 5.61. The van der Waals surface area contributed by atoms with Crippen molar-refractivity contribution in [2.24, 2.45) is 0 Å². The number of hydrogen-bond acceptors (Lipinski definition) is 2. The lowest BCUT2D eigenvalue weighted by Crippen LogP contribution is -2.63. The van der Waals surface area contributed by atoms with Gasteiger partial charge in [-0.3, -0.25) is 9.59 Å². The van der Waals surface area contributed by atoms with Crippen LogP contribution in [-0.4, -0.2) is 35.3 Å². The van der Waals surface area contributed by atoms with E-state index in [9.17, 15) is 18.4 Å². The van der Waals surface area contributed by atoms with Gasteiger partial charge in [-0.1, -0.05) is 6.07 Å². The standard InChI is InChI=1S/C15H18F2N2O2/c1-15(2)14(21)18-7-8-19(15)13(20)6-4-10-3-5-11(16)12(17)9-10/h3,5,9H,4,6-8H2,1-2H3,(H,18,21). The fraction of sp³-hybridized carbons (Fsp3) is 0.467. The van der Waals surface area contributed by atoms with E-state index in [-0.39, 0.29) is 18.2 Å². The Hall–Kier alpha value is -1.98. The Morgan fingerprint density at radius 3 is 2.71 bits per heavy atom. The Bertz CT molecular complexity index is 573. The van der Waals surface area contributed by atoms with Crippen LogP contribution >= 0.6 is 0 Å². The summed E-state index contributed by atoms with van der Waals surface area (Å²) in [6.45, 7) is 4.27. The zero-order valence-electron chi connectivity index (χ0n) is 12.1. The lowest BCUT2D eigenvalue weighted by Gasteiger charge is -2.41. The van der Waals surface area contributed by atoms with E-state index in [1.165, 1.54) is 11.0 Å². The third-order valence-corrected chi connectivity index (χ3v) is 3.76. The minimum absolute atomic E-state index is 0.155. The van der Waals surface area contributed by atoms with Crippen molar-refractivity contribution in [2.75, 3.05) is 13.1 Å². The molecule has 1 heterocycles. The molecule has 4 nitrogen and oxygen atoms in total. The van der Waals surface area contributed by atoms with Crippen molar-refractivity contribution >= 4 is 11.8 Å². The fourth-order valence-electron chi connectivity index (χ4n) is 2.42. The summed E-state index contributed by atoms with van der Waals surface area (Å²) in [5.41, 5.74) is -0.329. The second kappa shape index (κ2) is 5.79. The van der Waals surface area contributed by atoms with Crippen molar-refractivity contribution in [1.82, 2.24) is 10.2 Å². The highest BCUT2D eigenvalue weighted by Crippen LogP contribution is 2.19. The topological polar surface area (TPSA) is 49.4 Å². The van der Waals surface area contributed by atoms with Crippen LogP contribution in [0.3, 0.4) is 0 Å². The van der Waals surface area contributed by atoms with Crippen LogP contribution in [0.15, 0.2) is 18.2 Å². The van der Waals surface area contributed by atoms with Crippen molar-refractivity contribution in [3.8, 4) is 0 Å². The highest BCUT2D eigenvalue weighted by Gasteiger charge is 2.39. The quantitative estimate of drug-likeness (QED) is 0.922. The molecular weight excluding hydrogens is 278 g/mol. The lowest BCUT2D eigenvalue weighted by atomic mass is 9.97. The number of rotatable bonds is 3. The van der Waals surface area contributed by atoms with Crippen molar-refractivity contribution in [3.05, 3.63) is 35.4 Å². The van der Waals surface area contributed by atoms with E-state index in [1.54, 1.807) is 13.8 Å². The van der Waals surface area contributed by atoms with Gasteiger partial charge in [-0.25, -0.2) is 8.78 Å². The molecule has 1 aromatic rings. The minimum atomic E-state index is -0.919. The molecule has 21 heavy (non-hydrogen) atoms. The number of amides is 2. The predicted octanol–water partition coefficient (Wildman–Crippen LogP) is 1.63. The van der Waals surface area contributed by atoms with Crippen molar-refractivity contribution in [2.45, 2.75) is 32.2 Å². The molecule has 1 fully saturated rings. The van der Waals surface area contributed by atoms with Gasteiger partial charge in [0.2, 0.25) is 11.8 Å². The van der Waals surface area contributed by atoms with E-state index >= 15 is 0 Å². The number of halogens is 2. The van der Waals surface area contributed by atoms with Gasteiger partial charge in [0.05, 0.1) is 0 Å². The normalized spacial score (nSPS) is 17.5. The van der Waals surface area contributed by atoms with Crippen molar-refractivity contribution in [3.63, 3.8) is 0 Å². The molecule has 1 aromatic carbocycles. The van der Waals surface area contributed by atoms with Crippen LogP contribution in [0.5, 0.6) is 0 Å². The Morgan fingerprint density at radius 1 is 1.33 bits per heavy atom. The maximum Gasteiger partial charge on any atom is 0.245 e. The molecule has 0 aromatic heterocycles. The molecular formula is C15H18F2N2O2. The first-order valence-electron chi connectivity index (χ1n) is 6.85. The summed E-state index contributed by atoms with van der Waals surface area (Å²) < 4.78 is 25.9. The van der Waals surface area contributed by atoms with Gasteiger partial charge in [0.25, 0.3) is 0 Å². The molecule has 1 N–H and O–H groups in total.